The highest BCUT2D eigenvalue weighted by Crippen LogP contribution is 2.31. The summed E-state index contributed by atoms with van der Waals surface area (Å²) < 4.78 is 1.69. The maximum atomic E-state index is 12.1. The number of carbonyl (C=O) groups excluding carboxylic acids is 1. The van der Waals surface area contributed by atoms with Crippen molar-refractivity contribution >= 4 is 22.4 Å². The maximum absolute atomic E-state index is 12.1. The highest BCUT2D eigenvalue weighted by molar-refractivity contribution is 7.15. The van der Waals surface area contributed by atoms with E-state index in [4.69, 9.17) is 0 Å². The van der Waals surface area contributed by atoms with Crippen LogP contribution in [-0.4, -0.2) is 33.8 Å². The van der Waals surface area contributed by atoms with Crippen molar-refractivity contribution in [3.05, 3.63) is 28.5 Å². The topological polar surface area (TPSA) is 71.8 Å². The first-order valence-electron chi connectivity index (χ1n) is 7.12. The van der Waals surface area contributed by atoms with Crippen LogP contribution in [0.1, 0.15) is 39.8 Å². The van der Waals surface area contributed by atoms with Crippen LogP contribution in [0.15, 0.2) is 12.3 Å². The van der Waals surface area contributed by atoms with Gasteiger partial charge in [0.15, 0.2) is 10.8 Å². The summed E-state index contributed by atoms with van der Waals surface area (Å²) in [5.41, 5.74) is 1.38. The summed E-state index contributed by atoms with van der Waals surface area (Å²) in [5, 5.41) is 11.0. The molecule has 7 heteroatoms. The second kappa shape index (κ2) is 5.95. The fourth-order valence-electron chi connectivity index (χ4n) is 2.47. The van der Waals surface area contributed by atoms with E-state index in [1.165, 1.54) is 4.88 Å². The number of anilines is 1. The summed E-state index contributed by atoms with van der Waals surface area (Å²) in [4.78, 5) is 17.7. The average Bonchev–Trinajstić information content (AvgIpc) is 3.08. The van der Waals surface area contributed by atoms with Crippen LogP contribution in [0.4, 0.5) is 5.13 Å². The monoisotopic (exact) mass is 305 g/mol. The van der Waals surface area contributed by atoms with E-state index in [1.807, 2.05) is 20.2 Å². The number of hydrogen-bond donors (Lipinski definition) is 2. The number of nitrogens with zero attached hydrogens (tertiary/aromatic N) is 3. The van der Waals surface area contributed by atoms with E-state index in [0.29, 0.717) is 16.7 Å². The van der Waals surface area contributed by atoms with Crippen molar-refractivity contribution in [1.29, 1.82) is 0 Å². The number of rotatable bonds is 3. The van der Waals surface area contributed by atoms with Crippen molar-refractivity contribution in [2.75, 3.05) is 18.4 Å². The number of hydrogen-bond acceptors (Lipinski definition) is 5. The van der Waals surface area contributed by atoms with E-state index in [9.17, 15) is 4.79 Å². The number of piperidine rings is 1. The van der Waals surface area contributed by atoms with Crippen LogP contribution in [0.5, 0.6) is 0 Å². The van der Waals surface area contributed by atoms with Crippen molar-refractivity contribution in [3.8, 4) is 0 Å². The van der Waals surface area contributed by atoms with E-state index < -0.39 is 0 Å². The lowest BCUT2D eigenvalue weighted by Gasteiger charge is -2.20. The summed E-state index contributed by atoms with van der Waals surface area (Å²) in [6.07, 6.45) is 4.16. The first kappa shape index (κ1) is 14.2. The van der Waals surface area contributed by atoms with Crippen molar-refractivity contribution < 1.29 is 4.79 Å². The predicted octanol–water partition coefficient (Wildman–Crippen LogP) is 1.90. The van der Waals surface area contributed by atoms with Gasteiger partial charge in [-0.1, -0.05) is 0 Å². The van der Waals surface area contributed by atoms with Crippen LogP contribution in [0, 0.1) is 6.92 Å². The van der Waals surface area contributed by atoms with Crippen LogP contribution in [0.2, 0.25) is 0 Å². The average molecular weight is 305 g/mol. The van der Waals surface area contributed by atoms with E-state index in [0.717, 1.165) is 31.6 Å². The molecule has 0 bridgehead atoms. The molecular formula is C14H19N5OS. The molecule has 3 heterocycles. The molecule has 1 amide bonds. The van der Waals surface area contributed by atoms with E-state index in [2.05, 4.69) is 20.7 Å². The van der Waals surface area contributed by atoms with Crippen LogP contribution in [-0.2, 0) is 7.05 Å². The summed E-state index contributed by atoms with van der Waals surface area (Å²) in [7, 11) is 1.82. The predicted molar refractivity (Wildman–Crippen MR) is 82.9 cm³/mol. The fourth-order valence-corrected chi connectivity index (χ4v) is 3.45. The van der Waals surface area contributed by atoms with E-state index >= 15 is 0 Å². The second-order valence-corrected chi connectivity index (χ2v) is 6.40. The molecule has 0 atom stereocenters. The Bertz CT molecular complexity index is 622. The Morgan fingerprint density at radius 2 is 2.24 bits per heavy atom. The molecule has 2 aromatic heterocycles. The Morgan fingerprint density at radius 3 is 2.90 bits per heavy atom. The Morgan fingerprint density at radius 1 is 1.48 bits per heavy atom. The highest BCUT2D eigenvalue weighted by Gasteiger charge is 2.19. The zero-order valence-corrected chi connectivity index (χ0v) is 13.0. The second-order valence-electron chi connectivity index (χ2n) is 5.34. The van der Waals surface area contributed by atoms with Gasteiger partial charge in [-0.25, -0.2) is 4.98 Å². The van der Waals surface area contributed by atoms with E-state index in [1.54, 1.807) is 22.1 Å². The summed E-state index contributed by atoms with van der Waals surface area (Å²) >= 11 is 1.57. The lowest BCUT2D eigenvalue weighted by molar-refractivity contribution is 0.102. The Balaban J connectivity index is 1.67. The Kier molecular flexibility index (Phi) is 4.03. The lowest BCUT2D eigenvalue weighted by atomic mass is 9.97. The maximum Gasteiger partial charge on any atom is 0.277 e. The molecule has 2 aromatic rings. The molecular weight excluding hydrogens is 286 g/mol. The molecule has 0 saturated carbocycles. The molecule has 1 saturated heterocycles. The molecule has 0 unspecified atom stereocenters. The number of carbonyl (C=O) groups is 1. The summed E-state index contributed by atoms with van der Waals surface area (Å²) in [6.45, 7) is 4.03. The summed E-state index contributed by atoms with van der Waals surface area (Å²) in [6, 6.07) is 1.77. The van der Waals surface area contributed by atoms with Gasteiger partial charge in [-0.05, 0) is 44.8 Å². The molecule has 0 aromatic carbocycles. The number of aryl methyl sites for hydroxylation is 2. The van der Waals surface area contributed by atoms with Gasteiger partial charge >= 0.3 is 0 Å². The van der Waals surface area contributed by atoms with Crippen molar-refractivity contribution in [3.63, 3.8) is 0 Å². The first-order chi connectivity index (χ1) is 10.1. The Hall–Kier alpha value is -1.73. The number of thiazole rings is 1. The van der Waals surface area contributed by atoms with Gasteiger partial charge in [-0.2, -0.15) is 5.10 Å². The van der Waals surface area contributed by atoms with Crippen LogP contribution in [0.25, 0.3) is 0 Å². The normalized spacial score (nSPS) is 16.1. The summed E-state index contributed by atoms with van der Waals surface area (Å²) in [5.74, 6) is 0.358. The fraction of sp³-hybridized carbons (Fsp3) is 0.500. The molecule has 0 radical (unpaired) electrons. The van der Waals surface area contributed by atoms with Gasteiger partial charge in [-0.15, -0.1) is 11.3 Å². The minimum absolute atomic E-state index is 0.204. The molecule has 21 heavy (non-hydrogen) atoms. The van der Waals surface area contributed by atoms with Crippen LogP contribution >= 0.6 is 11.3 Å². The van der Waals surface area contributed by atoms with Gasteiger partial charge in [0.25, 0.3) is 5.91 Å². The molecule has 0 spiro atoms. The van der Waals surface area contributed by atoms with Gasteiger partial charge in [0, 0.05) is 23.8 Å². The highest BCUT2D eigenvalue weighted by atomic mass is 32.1. The zero-order chi connectivity index (χ0) is 14.8. The quantitative estimate of drug-likeness (QED) is 0.908. The van der Waals surface area contributed by atoms with Gasteiger partial charge in [0.2, 0.25) is 0 Å². The van der Waals surface area contributed by atoms with Crippen molar-refractivity contribution in [1.82, 2.24) is 20.1 Å². The first-order valence-corrected chi connectivity index (χ1v) is 7.93. The van der Waals surface area contributed by atoms with Gasteiger partial charge in [0.05, 0.1) is 0 Å². The smallest absolute Gasteiger partial charge is 0.277 e. The SMILES string of the molecule is Cc1cc(C(=O)Nc2ncc(C3CCNCC3)s2)nn1C. The zero-order valence-electron chi connectivity index (χ0n) is 12.2. The van der Waals surface area contributed by atoms with Crippen molar-refractivity contribution in [2.45, 2.75) is 25.7 Å². The third-order valence-corrected chi connectivity index (χ3v) is 4.91. The third kappa shape index (κ3) is 3.14. The lowest BCUT2D eigenvalue weighted by Crippen LogP contribution is -2.26. The minimum Gasteiger partial charge on any atom is -0.317 e. The standard InChI is InChI=1S/C14H19N5OS/c1-9-7-11(18-19(9)2)13(20)17-14-16-8-12(21-14)10-3-5-15-6-4-10/h7-8,10,15H,3-6H2,1-2H3,(H,16,17,20). The molecule has 1 aliphatic heterocycles. The molecule has 112 valence electrons. The molecule has 6 nitrogen and oxygen atoms in total. The van der Waals surface area contributed by atoms with Gasteiger partial charge < -0.3 is 5.32 Å². The van der Waals surface area contributed by atoms with E-state index in [-0.39, 0.29) is 5.91 Å². The van der Waals surface area contributed by atoms with Crippen molar-refractivity contribution in [2.24, 2.45) is 7.05 Å². The Labute approximate surface area is 127 Å². The third-order valence-electron chi connectivity index (χ3n) is 3.83. The van der Waals surface area contributed by atoms with Crippen LogP contribution < -0.4 is 10.6 Å². The molecule has 1 aliphatic rings. The number of nitrogens with one attached hydrogen (secondary N) is 2. The minimum atomic E-state index is -0.204. The van der Waals surface area contributed by atoms with Gasteiger partial charge in [-0.3, -0.25) is 14.8 Å². The molecule has 1 fully saturated rings. The largest absolute Gasteiger partial charge is 0.317 e. The number of amides is 1. The van der Waals surface area contributed by atoms with Crippen LogP contribution in [0.3, 0.4) is 0 Å². The molecule has 0 aliphatic carbocycles. The molecule has 2 N–H and O–H groups in total. The van der Waals surface area contributed by atoms with Gasteiger partial charge in [0.1, 0.15) is 0 Å². The number of aromatic nitrogens is 3. The molecule has 3 rings (SSSR count).